The molecule has 74 valence electrons. The van der Waals surface area contributed by atoms with E-state index in [4.69, 9.17) is 9.90 Å². The highest BCUT2D eigenvalue weighted by molar-refractivity contribution is 6.51. The standard InChI is InChI=1S/C2Cl3F3.C2H4O2/c3-1(4,6)2(5,7)8;1-2(3)4/h;1H3,(H,3,4). The smallest absolute Gasteiger partial charge is 0.383 e. The summed E-state index contributed by atoms with van der Waals surface area (Å²) in [5, 5.41) is 3.19. The minimum atomic E-state index is -4.23. The van der Waals surface area contributed by atoms with Crippen molar-refractivity contribution in [3.05, 3.63) is 0 Å². The third-order valence-electron chi connectivity index (χ3n) is 0.321. The number of carboxylic acids is 1. The molecule has 0 aromatic rings. The topological polar surface area (TPSA) is 37.3 Å². The van der Waals surface area contributed by atoms with Gasteiger partial charge < -0.3 is 5.11 Å². The molecule has 0 spiro atoms. The molecule has 0 amide bonds. The van der Waals surface area contributed by atoms with Gasteiger partial charge >= 0.3 is 9.97 Å². The monoisotopic (exact) mass is 246 g/mol. The molecule has 0 rings (SSSR count). The molecule has 0 aliphatic carbocycles. The summed E-state index contributed by atoms with van der Waals surface area (Å²) < 4.78 is 30.6. The van der Waals surface area contributed by atoms with Gasteiger partial charge in [-0.3, -0.25) is 4.79 Å². The first kappa shape index (κ1) is 14.6. The number of carbonyl (C=O) groups is 1. The van der Waals surface area contributed by atoms with Crippen LogP contribution in [0.5, 0.6) is 0 Å². The van der Waals surface area contributed by atoms with E-state index in [9.17, 15) is 13.2 Å². The zero-order chi connectivity index (χ0) is 10.6. The van der Waals surface area contributed by atoms with E-state index in [0.29, 0.717) is 0 Å². The van der Waals surface area contributed by atoms with Gasteiger partial charge in [0.05, 0.1) is 0 Å². The van der Waals surface area contributed by atoms with Gasteiger partial charge in [0.25, 0.3) is 5.97 Å². The first-order valence-electron chi connectivity index (χ1n) is 2.31. The third kappa shape index (κ3) is 10.1. The van der Waals surface area contributed by atoms with E-state index in [1.54, 1.807) is 0 Å². The van der Waals surface area contributed by atoms with Crippen LogP contribution in [0.25, 0.3) is 0 Å². The van der Waals surface area contributed by atoms with Crippen LogP contribution in [0.1, 0.15) is 6.92 Å². The third-order valence-corrected chi connectivity index (χ3v) is 1.25. The van der Waals surface area contributed by atoms with Crippen LogP contribution in [0, 0.1) is 0 Å². The lowest BCUT2D eigenvalue weighted by atomic mass is 10.8. The molecular weight excluding hydrogens is 243 g/mol. The molecule has 1 N–H and O–H groups in total. The first-order chi connectivity index (χ1) is 4.98. The Balaban J connectivity index is 0. The lowest BCUT2D eigenvalue weighted by Crippen LogP contribution is -2.27. The van der Waals surface area contributed by atoms with Crippen molar-refractivity contribution < 1.29 is 23.1 Å². The Hall–Kier alpha value is 0.130. The predicted molar refractivity (Wildman–Crippen MR) is 39.7 cm³/mol. The van der Waals surface area contributed by atoms with Crippen molar-refractivity contribution in [2.45, 2.75) is 16.9 Å². The van der Waals surface area contributed by atoms with Gasteiger partial charge in [-0.2, -0.15) is 13.2 Å². The van der Waals surface area contributed by atoms with Crippen LogP contribution in [-0.2, 0) is 4.79 Å². The Kier molecular flexibility index (Phi) is 6.09. The van der Waals surface area contributed by atoms with Crippen molar-refractivity contribution >= 4 is 40.8 Å². The Morgan fingerprint density at radius 3 is 1.33 bits per heavy atom. The Morgan fingerprint density at radius 1 is 1.25 bits per heavy atom. The number of alkyl halides is 6. The maximum absolute atomic E-state index is 11.5. The fourth-order valence-corrected chi connectivity index (χ4v) is 0. The Morgan fingerprint density at radius 2 is 1.33 bits per heavy atom. The lowest BCUT2D eigenvalue weighted by Gasteiger charge is -2.13. The Labute approximate surface area is 81.2 Å². The zero-order valence-electron chi connectivity index (χ0n) is 5.62. The molecule has 0 radical (unpaired) electrons. The molecule has 0 atom stereocenters. The molecule has 12 heavy (non-hydrogen) atoms. The highest BCUT2D eigenvalue weighted by Gasteiger charge is 2.51. The molecule has 0 unspecified atom stereocenters. The van der Waals surface area contributed by atoms with E-state index in [1.807, 2.05) is 0 Å². The van der Waals surface area contributed by atoms with E-state index >= 15 is 0 Å². The lowest BCUT2D eigenvalue weighted by molar-refractivity contribution is -0.134. The molecular formula is C4H4Cl3F3O2. The first-order valence-corrected chi connectivity index (χ1v) is 3.45. The number of hydrogen-bond donors (Lipinski definition) is 1. The van der Waals surface area contributed by atoms with Crippen LogP contribution in [0.4, 0.5) is 13.2 Å². The van der Waals surface area contributed by atoms with Crippen molar-refractivity contribution in [3.8, 4) is 0 Å². The van der Waals surface area contributed by atoms with Gasteiger partial charge in [0.2, 0.25) is 0 Å². The second kappa shape index (κ2) is 4.99. The quantitative estimate of drug-likeness (QED) is 0.723. The summed E-state index contributed by atoms with van der Waals surface area (Å²) >= 11 is 12.5. The summed E-state index contributed by atoms with van der Waals surface area (Å²) in [4.78, 5) is 9.00. The highest BCUT2D eigenvalue weighted by atomic mass is 35.5. The predicted octanol–water partition coefficient (Wildman–Crippen LogP) is 3.01. The molecule has 0 bridgehead atoms. The molecule has 0 aliphatic rings. The van der Waals surface area contributed by atoms with Crippen molar-refractivity contribution in [2.24, 2.45) is 0 Å². The van der Waals surface area contributed by atoms with Gasteiger partial charge in [-0.1, -0.05) is 23.2 Å². The summed E-state index contributed by atoms with van der Waals surface area (Å²) in [5.41, 5.74) is 0. The fraction of sp³-hybridized carbons (Fsp3) is 0.750. The molecule has 0 heterocycles. The minimum absolute atomic E-state index is 0.833. The van der Waals surface area contributed by atoms with Gasteiger partial charge in [-0.25, -0.2) is 0 Å². The van der Waals surface area contributed by atoms with Crippen LogP contribution in [0.3, 0.4) is 0 Å². The SMILES string of the molecule is CC(=O)O.FC(F)(Cl)C(F)(Cl)Cl. The van der Waals surface area contributed by atoms with E-state index in [2.05, 4.69) is 34.8 Å². The molecule has 2 nitrogen and oxygen atoms in total. The number of halogens is 6. The summed E-state index contributed by atoms with van der Waals surface area (Å²) in [5.74, 6) is -0.833. The maximum atomic E-state index is 11.5. The number of rotatable bonds is 1. The molecule has 0 saturated heterocycles. The van der Waals surface area contributed by atoms with Crippen molar-refractivity contribution in [2.75, 3.05) is 0 Å². The molecule has 0 aromatic heterocycles. The normalized spacial score (nSPS) is 11.6. The Bertz CT molecular complexity index is 135. The van der Waals surface area contributed by atoms with Gasteiger partial charge in [-0.05, 0) is 11.6 Å². The number of carboxylic acid groups (broad SMARTS) is 1. The molecule has 0 aromatic carbocycles. The second-order valence-corrected chi connectivity index (χ2v) is 3.22. The number of aliphatic carboxylic acids is 1. The van der Waals surface area contributed by atoms with Crippen LogP contribution < -0.4 is 0 Å². The van der Waals surface area contributed by atoms with Crippen LogP contribution in [0.15, 0.2) is 0 Å². The molecule has 0 saturated carbocycles. The van der Waals surface area contributed by atoms with Crippen LogP contribution in [-0.4, -0.2) is 21.0 Å². The maximum Gasteiger partial charge on any atom is 0.383 e. The van der Waals surface area contributed by atoms with E-state index in [-0.39, 0.29) is 0 Å². The summed E-state index contributed by atoms with van der Waals surface area (Å²) in [6.07, 6.45) is 0. The van der Waals surface area contributed by atoms with Gasteiger partial charge in [0.1, 0.15) is 0 Å². The van der Waals surface area contributed by atoms with Crippen LogP contribution in [0.2, 0.25) is 0 Å². The minimum Gasteiger partial charge on any atom is -0.481 e. The van der Waals surface area contributed by atoms with E-state index < -0.39 is 15.9 Å². The largest absolute Gasteiger partial charge is 0.481 e. The summed E-state index contributed by atoms with van der Waals surface area (Å²) in [6.45, 7) is 1.08. The molecule has 8 heteroatoms. The summed E-state index contributed by atoms with van der Waals surface area (Å²) in [7, 11) is 0. The zero-order valence-corrected chi connectivity index (χ0v) is 7.89. The fourth-order valence-electron chi connectivity index (χ4n) is 0. The van der Waals surface area contributed by atoms with Crippen molar-refractivity contribution in [3.63, 3.8) is 0 Å². The average Bonchev–Trinajstić information content (AvgIpc) is 1.55. The average molecular weight is 247 g/mol. The van der Waals surface area contributed by atoms with Gasteiger partial charge in [0, 0.05) is 6.92 Å². The second-order valence-electron chi connectivity index (χ2n) is 1.51. The van der Waals surface area contributed by atoms with E-state index in [1.165, 1.54) is 0 Å². The highest BCUT2D eigenvalue weighted by Crippen LogP contribution is 2.42. The molecule has 0 aliphatic heterocycles. The van der Waals surface area contributed by atoms with Crippen molar-refractivity contribution in [1.29, 1.82) is 0 Å². The number of hydrogen-bond acceptors (Lipinski definition) is 1. The van der Waals surface area contributed by atoms with Crippen LogP contribution >= 0.6 is 34.8 Å². The van der Waals surface area contributed by atoms with E-state index in [0.717, 1.165) is 6.92 Å². The molecule has 0 fully saturated rings. The van der Waals surface area contributed by atoms with Crippen molar-refractivity contribution in [1.82, 2.24) is 0 Å². The van der Waals surface area contributed by atoms with Gasteiger partial charge in [0.15, 0.2) is 0 Å². The summed E-state index contributed by atoms with van der Waals surface area (Å²) in [6, 6.07) is 0. The van der Waals surface area contributed by atoms with Gasteiger partial charge in [-0.15, -0.1) is 0 Å².